The maximum Gasteiger partial charge on any atom is 0.324 e. The highest BCUT2D eigenvalue weighted by atomic mass is 35.5. The summed E-state index contributed by atoms with van der Waals surface area (Å²) >= 11 is 5.52. The summed E-state index contributed by atoms with van der Waals surface area (Å²) in [4.78, 5) is 36.9. The molecule has 0 heterocycles. The molecule has 0 spiro atoms. The van der Waals surface area contributed by atoms with E-state index >= 15 is 0 Å². The van der Waals surface area contributed by atoms with Crippen molar-refractivity contribution < 1.29 is 14.4 Å². The number of nitrogens with zero attached hydrogens (tertiary/aromatic N) is 2. The van der Waals surface area contributed by atoms with Crippen LogP contribution in [0.3, 0.4) is 0 Å². The molecule has 1 unspecified atom stereocenters. The Morgan fingerprint density at radius 1 is 1.29 bits per heavy atom. The van der Waals surface area contributed by atoms with Crippen molar-refractivity contribution in [3.8, 4) is 0 Å². The van der Waals surface area contributed by atoms with Crippen molar-refractivity contribution in [2.75, 3.05) is 27.2 Å². The van der Waals surface area contributed by atoms with Crippen LogP contribution >= 0.6 is 11.6 Å². The van der Waals surface area contributed by atoms with Crippen LogP contribution in [-0.4, -0.2) is 60.2 Å². The quantitative estimate of drug-likeness (QED) is 0.740. The van der Waals surface area contributed by atoms with E-state index in [9.17, 15) is 14.4 Å². The smallest absolute Gasteiger partial charge is 0.324 e. The van der Waals surface area contributed by atoms with E-state index in [0.29, 0.717) is 6.54 Å². The lowest BCUT2D eigenvalue weighted by Crippen LogP contribution is -2.48. The van der Waals surface area contributed by atoms with Gasteiger partial charge in [-0.3, -0.25) is 14.9 Å². The fourth-order valence-electron chi connectivity index (χ4n) is 0.916. The maximum absolute atomic E-state index is 11.6. The van der Waals surface area contributed by atoms with E-state index in [1.165, 1.54) is 16.7 Å². The zero-order valence-electron chi connectivity index (χ0n) is 10.5. The zero-order chi connectivity index (χ0) is 13.6. The number of hydrogen-bond donors (Lipinski definition) is 1. The first-order valence-corrected chi connectivity index (χ1v) is 5.67. The molecule has 0 fully saturated rings. The number of halogens is 1. The lowest BCUT2D eigenvalue weighted by molar-refractivity contribution is -0.129. The average Bonchev–Trinajstić information content (AvgIpc) is 2.24. The maximum atomic E-state index is 11.6. The normalized spacial score (nSPS) is 11.6. The van der Waals surface area contributed by atoms with Gasteiger partial charge in [0.15, 0.2) is 0 Å². The van der Waals surface area contributed by atoms with Crippen molar-refractivity contribution in [2.45, 2.75) is 19.2 Å². The predicted molar refractivity (Wildman–Crippen MR) is 64.8 cm³/mol. The van der Waals surface area contributed by atoms with Gasteiger partial charge in [-0.1, -0.05) is 0 Å². The van der Waals surface area contributed by atoms with Crippen molar-refractivity contribution in [1.82, 2.24) is 15.1 Å². The first-order valence-electron chi connectivity index (χ1n) is 5.23. The van der Waals surface area contributed by atoms with E-state index in [1.807, 2.05) is 0 Å². The van der Waals surface area contributed by atoms with Gasteiger partial charge in [0, 0.05) is 20.6 Å². The van der Waals surface area contributed by atoms with Crippen LogP contribution in [0.5, 0.6) is 0 Å². The van der Waals surface area contributed by atoms with Gasteiger partial charge in [0.1, 0.15) is 11.9 Å². The highest BCUT2D eigenvalue weighted by molar-refractivity contribution is 6.31. The van der Waals surface area contributed by atoms with Crippen molar-refractivity contribution in [3.63, 3.8) is 0 Å². The third-order valence-corrected chi connectivity index (χ3v) is 2.28. The van der Waals surface area contributed by atoms with Gasteiger partial charge in [0.2, 0.25) is 11.8 Å². The molecule has 0 rings (SSSR count). The fraction of sp³-hybridized carbons (Fsp3) is 0.700. The van der Waals surface area contributed by atoms with Crippen LogP contribution in [0.2, 0.25) is 0 Å². The van der Waals surface area contributed by atoms with Crippen molar-refractivity contribution in [3.05, 3.63) is 0 Å². The molecule has 0 aliphatic rings. The van der Waals surface area contributed by atoms with Crippen molar-refractivity contribution in [2.24, 2.45) is 0 Å². The molecule has 0 saturated carbocycles. The second-order valence-corrected chi connectivity index (χ2v) is 4.37. The number of rotatable bonds is 4. The first kappa shape index (κ1) is 15.7. The second-order valence-electron chi connectivity index (χ2n) is 3.71. The number of alkyl halides is 1. The number of carbonyl (C=O) groups excluding carboxylic acids is 3. The Kier molecular flexibility index (Phi) is 6.57. The highest BCUT2D eigenvalue weighted by Crippen LogP contribution is 1.96. The number of imide groups is 1. The summed E-state index contributed by atoms with van der Waals surface area (Å²) in [7, 11) is 3.19. The standard InChI is InChI=1S/C10H18ClN3O3/c1-5-14(6-8(15)13(3)4)10(17)12-9(16)7(2)11/h7H,5-6H2,1-4H3,(H,12,16,17). The molecule has 17 heavy (non-hydrogen) atoms. The largest absolute Gasteiger partial charge is 0.347 e. The molecule has 0 radical (unpaired) electrons. The van der Waals surface area contributed by atoms with Crippen molar-refractivity contribution in [1.29, 1.82) is 0 Å². The highest BCUT2D eigenvalue weighted by Gasteiger charge is 2.20. The third-order valence-electron chi connectivity index (χ3n) is 2.09. The molecule has 4 amide bonds. The summed E-state index contributed by atoms with van der Waals surface area (Å²) in [6.07, 6.45) is 0. The molecular formula is C10H18ClN3O3. The van der Waals surface area contributed by atoms with Crippen LogP contribution in [0, 0.1) is 0 Å². The lowest BCUT2D eigenvalue weighted by Gasteiger charge is -2.22. The number of hydrogen-bond acceptors (Lipinski definition) is 3. The number of nitrogens with one attached hydrogen (secondary N) is 1. The molecule has 0 bridgehead atoms. The molecule has 1 atom stereocenters. The fourth-order valence-corrected chi connectivity index (χ4v) is 0.970. The van der Waals surface area contributed by atoms with E-state index in [4.69, 9.17) is 11.6 Å². The minimum absolute atomic E-state index is 0.0702. The summed E-state index contributed by atoms with van der Waals surface area (Å²) in [6, 6.07) is -0.611. The van der Waals surface area contributed by atoms with Gasteiger partial charge in [0.05, 0.1) is 0 Å². The van der Waals surface area contributed by atoms with E-state index in [0.717, 1.165) is 0 Å². The van der Waals surface area contributed by atoms with Crippen LogP contribution in [0.1, 0.15) is 13.8 Å². The third kappa shape index (κ3) is 5.53. The molecule has 0 aromatic rings. The van der Waals surface area contributed by atoms with Gasteiger partial charge in [0.25, 0.3) is 0 Å². The van der Waals surface area contributed by atoms with Gasteiger partial charge in [-0.2, -0.15) is 0 Å². The average molecular weight is 264 g/mol. The van der Waals surface area contributed by atoms with E-state index in [2.05, 4.69) is 5.32 Å². The Morgan fingerprint density at radius 3 is 2.18 bits per heavy atom. The molecule has 1 N–H and O–H groups in total. The summed E-state index contributed by atoms with van der Waals surface area (Å²) in [5.41, 5.74) is 0. The Morgan fingerprint density at radius 2 is 1.82 bits per heavy atom. The summed E-state index contributed by atoms with van der Waals surface area (Å²) in [6.45, 7) is 3.44. The number of amides is 4. The molecule has 0 aromatic heterocycles. The molecule has 7 heteroatoms. The van der Waals surface area contributed by atoms with Crippen LogP contribution in [0.4, 0.5) is 4.79 Å². The lowest BCUT2D eigenvalue weighted by atomic mass is 10.4. The second kappa shape index (κ2) is 7.11. The molecule has 6 nitrogen and oxygen atoms in total. The zero-order valence-corrected chi connectivity index (χ0v) is 11.2. The summed E-state index contributed by atoms with van der Waals surface area (Å²) < 4.78 is 0. The molecular weight excluding hydrogens is 246 g/mol. The number of carbonyl (C=O) groups is 3. The first-order chi connectivity index (χ1) is 7.79. The SMILES string of the molecule is CCN(CC(=O)N(C)C)C(=O)NC(=O)C(C)Cl. The van der Waals surface area contributed by atoms with Gasteiger partial charge in [-0.25, -0.2) is 4.79 Å². The Balaban J connectivity index is 4.41. The van der Waals surface area contributed by atoms with Gasteiger partial charge < -0.3 is 9.80 Å². The van der Waals surface area contributed by atoms with E-state index < -0.39 is 17.3 Å². The molecule has 0 saturated heterocycles. The summed E-state index contributed by atoms with van der Waals surface area (Å²) in [5.74, 6) is -0.791. The van der Waals surface area contributed by atoms with Crippen LogP contribution in [0.25, 0.3) is 0 Å². The number of likely N-dealkylation sites (N-methyl/N-ethyl adjacent to an activating group) is 2. The Hall–Kier alpha value is -1.30. The van der Waals surface area contributed by atoms with Crippen LogP contribution in [0.15, 0.2) is 0 Å². The minimum Gasteiger partial charge on any atom is -0.347 e. The minimum atomic E-state index is -0.790. The van der Waals surface area contributed by atoms with Crippen molar-refractivity contribution >= 4 is 29.4 Å². The number of urea groups is 1. The molecule has 0 aliphatic carbocycles. The predicted octanol–water partition coefficient (Wildman–Crippen LogP) is 0.260. The molecule has 98 valence electrons. The molecule has 0 aromatic carbocycles. The van der Waals surface area contributed by atoms with Gasteiger partial charge in [-0.15, -0.1) is 11.6 Å². The summed E-state index contributed by atoms with van der Waals surface area (Å²) in [5, 5.41) is 1.33. The van der Waals surface area contributed by atoms with Crippen LogP contribution < -0.4 is 5.32 Å². The van der Waals surface area contributed by atoms with E-state index in [1.54, 1.807) is 21.0 Å². The Bertz CT molecular complexity index is 305. The van der Waals surface area contributed by atoms with E-state index in [-0.39, 0.29) is 12.5 Å². The monoisotopic (exact) mass is 263 g/mol. The van der Waals surface area contributed by atoms with Gasteiger partial charge in [-0.05, 0) is 13.8 Å². The molecule has 0 aliphatic heterocycles. The van der Waals surface area contributed by atoms with Crippen LogP contribution in [-0.2, 0) is 9.59 Å². The topological polar surface area (TPSA) is 69.7 Å². The Labute approximate surface area is 106 Å². The van der Waals surface area contributed by atoms with Gasteiger partial charge >= 0.3 is 6.03 Å².